The first-order valence-corrected chi connectivity index (χ1v) is 14.9. The Kier molecular flexibility index (Phi) is 25.9. The Balaban J connectivity index is 3.72. The van der Waals surface area contributed by atoms with E-state index in [2.05, 4.69) is 25.7 Å². The van der Waals surface area contributed by atoms with Crippen molar-refractivity contribution in [3.05, 3.63) is 12.7 Å². The molecule has 35 heavy (non-hydrogen) atoms. The summed E-state index contributed by atoms with van der Waals surface area (Å²) in [5, 5.41) is 2.63. The Morgan fingerprint density at radius 3 is 1.40 bits per heavy atom. The van der Waals surface area contributed by atoms with E-state index in [0.717, 1.165) is 25.7 Å². The third kappa shape index (κ3) is 24.0. The predicted octanol–water partition coefficient (Wildman–Crippen LogP) is 9.04. The van der Waals surface area contributed by atoms with Crippen LogP contribution in [0.25, 0.3) is 0 Å². The van der Waals surface area contributed by atoms with Crippen LogP contribution in [0, 0.1) is 0 Å². The molecular weight excluding hydrogens is 438 g/mol. The molecular formula is C30H57NO4. The van der Waals surface area contributed by atoms with Crippen LogP contribution in [0.15, 0.2) is 12.7 Å². The molecule has 5 heteroatoms. The monoisotopic (exact) mass is 495 g/mol. The first kappa shape index (κ1) is 33.5. The zero-order valence-electron chi connectivity index (χ0n) is 23.3. The molecule has 1 atom stereocenters. The summed E-state index contributed by atoms with van der Waals surface area (Å²) >= 11 is 0. The molecule has 1 amide bonds. The molecule has 0 rings (SSSR count). The first-order valence-electron chi connectivity index (χ1n) is 14.9. The van der Waals surface area contributed by atoms with Crippen LogP contribution < -0.4 is 5.32 Å². The van der Waals surface area contributed by atoms with Crippen LogP contribution in [-0.4, -0.2) is 31.3 Å². The third-order valence-corrected chi connectivity index (χ3v) is 6.45. The molecule has 0 aliphatic rings. The van der Waals surface area contributed by atoms with E-state index < -0.39 is 18.1 Å². The summed E-state index contributed by atoms with van der Waals surface area (Å²) < 4.78 is 10.6. The first-order chi connectivity index (χ1) is 17.2. The van der Waals surface area contributed by atoms with Crippen molar-refractivity contribution in [2.75, 3.05) is 13.2 Å². The maximum atomic E-state index is 12.4. The van der Waals surface area contributed by atoms with Gasteiger partial charge in [0.15, 0.2) is 0 Å². The van der Waals surface area contributed by atoms with Crippen molar-refractivity contribution in [2.45, 2.75) is 155 Å². The van der Waals surface area contributed by atoms with Crippen LogP contribution in [0.2, 0.25) is 0 Å². The minimum atomic E-state index is -0.726. The maximum absolute atomic E-state index is 12.4. The summed E-state index contributed by atoms with van der Waals surface area (Å²) in [5.41, 5.74) is 0. The third-order valence-electron chi connectivity index (χ3n) is 6.45. The highest BCUT2D eigenvalue weighted by Gasteiger charge is 2.21. The van der Waals surface area contributed by atoms with Crippen LogP contribution in [-0.2, 0) is 14.3 Å². The second-order valence-corrected chi connectivity index (χ2v) is 9.89. The average molecular weight is 496 g/mol. The topological polar surface area (TPSA) is 64.6 Å². The fourth-order valence-electron chi connectivity index (χ4n) is 4.18. The Labute approximate surface area is 217 Å². The lowest BCUT2D eigenvalue weighted by atomic mass is 10.1. The lowest BCUT2D eigenvalue weighted by Gasteiger charge is -2.16. The van der Waals surface area contributed by atoms with E-state index in [4.69, 9.17) is 9.47 Å². The summed E-state index contributed by atoms with van der Waals surface area (Å²) in [7, 11) is 0. The van der Waals surface area contributed by atoms with Gasteiger partial charge in [0.05, 0.1) is 13.2 Å². The van der Waals surface area contributed by atoms with Crippen LogP contribution in [0.3, 0.4) is 0 Å². The largest absolute Gasteiger partial charge is 0.464 e. The quantitative estimate of drug-likeness (QED) is 0.0738. The van der Waals surface area contributed by atoms with E-state index in [1.54, 1.807) is 6.08 Å². The van der Waals surface area contributed by atoms with Crippen LogP contribution in [0.1, 0.15) is 149 Å². The van der Waals surface area contributed by atoms with Crippen molar-refractivity contribution >= 4 is 12.1 Å². The fraction of sp³-hybridized carbons (Fsp3) is 0.867. The molecule has 206 valence electrons. The van der Waals surface area contributed by atoms with Crippen LogP contribution in [0.4, 0.5) is 4.79 Å². The highest BCUT2D eigenvalue weighted by Crippen LogP contribution is 2.12. The zero-order valence-corrected chi connectivity index (χ0v) is 23.3. The normalized spacial score (nSPS) is 11.7. The fourth-order valence-corrected chi connectivity index (χ4v) is 4.18. The maximum Gasteiger partial charge on any atom is 0.407 e. The van der Waals surface area contributed by atoms with Gasteiger partial charge in [0.1, 0.15) is 6.04 Å². The summed E-state index contributed by atoms with van der Waals surface area (Å²) in [6.45, 7) is 8.95. The molecule has 0 aliphatic heterocycles. The standard InChI is InChI=1S/C30H57NO4/c1-4-7-9-11-13-15-16-17-18-20-21-23-26-34-29(32)28(25-6-3)31-30(33)35-27-24-22-19-14-12-10-8-5-2/h6,28H,3-5,7-27H2,1-2H3,(H,31,33). The SMILES string of the molecule is C=CCC(NC(=O)OCCCCCCCCCC)C(=O)OCCCCCCCCCCCCCC. The minimum Gasteiger partial charge on any atom is -0.464 e. The number of nitrogens with one attached hydrogen (secondary N) is 1. The molecule has 0 aliphatic carbocycles. The molecule has 5 nitrogen and oxygen atoms in total. The van der Waals surface area contributed by atoms with Gasteiger partial charge in [-0.2, -0.15) is 0 Å². The van der Waals surface area contributed by atoms with Crippen molar-refractivity contribution in [3.8, 4) is 0 Å². The summed E-state index contributed by atoms with van der Waals surface area (Å²) in [4.78, 5) is 24.4. The van der Waals surface area contributed by atoms with E-state index in [1.165, 1.54) is 103 Å². The number of carbonyl (C=O) groups excluding carboxylic acids is 2. The zero-order chi connectivity index (χ0) is 25.8. The Bertz CT molecular complexity index is 495. The van der Waals surface area contributed by atoms with Crippen LogP contribution >= 0.6 is 0 Å². The minimum absolute atomic E-state index is 0.337. The molecule has 0 heterocycles. The molecule has 0 radical (unpaired) electrons. The van der Waals surface area contributed by atoms with E-state index in [1.807, 2.05) is 0 Å². The molecule has 0 saturated carbocycles. The number of amides is 1. The number of hydrogen-bond donors (Lipinski definition) is 1. The summed E-state index contributed by atoms with van der Waals surface area (Å²) in [6.07, 6.45) is 26.2. The van der Waals surface area contributed by atoms with Gasteiger partial charge in [0.25, 0.3) is 0 Å². The van der Waals surface area contributed by atoms with Gasteiger partial charge in [-0.25, -0.2) is 9.59 Å². The highest BCUT2D eigenvalue weighted by atomic mass is 16.6. The molecule has 1 unspecified atom stereocenters. The Morgan fingerprint density at radius 2 is 1.00 bits per heavy atom. The van der Waals surface area contributed by atoms with Gasteiger partial charge in [0, 0.05) is 0 Å². The molecule has 0 aromatic heterocycles. The van der Waals surface area contributed by atoms with Gasteiger partial charge >= 0.3 is 12.1 Å². The smallest absolute Gasteiger partial charge is 0.407 e. The summed E-state index contributed by atoms with van der Waals surface area (Å²) in [6, 6.07) is -0.726. The second-order valence-electron chi connectivity index (χ2n) is 9.89. The molecule has 0 aromatic rings. The van der Waals surface area contributed by atoms with Gasteiger partial charge in [-0.3, -0.25) is 0 Å². The van der Waals surface area contributed by atoms with Gasteiger partial charge in [-0.15, -0.1) is 6.58 Å². The van der Waals surface area contributed by atoms with Crippen molar-refractivity contribution < 1.29 is 19.1 Å². The highest BCUT2D eigenvalue weighted by molar-refractivity contribution is 5.81. The van der Waals surface area contributed by atoms with Crippen molar-refractivity contribution in [1.29, 1.82) is 0 Å². The van der Waals surface area contributed by atoms with Gasteiger partial charge in [-0.05, 0) is 19.3 Å². The predicted molar refractivity (Wildman–Crippen MR) is 148 cm³/mol. The Hall–Kier alpha value is -1.52. The van der Waals surface area contributed by atoms with Crippen molar-refractivity contribution in [3.63, 3.8) is 0 Å². The second kappa shape index (κ2) is 27.1. The molecule has 0 aromatic carbocycles. The van der Waals surface area contributed by atoms with Crippen LogP contribution in [0.5, 0.6) is 0 Å². The average Bonchev–Trinajstić information content (AvgIpc) is 2.85. The van der Waals surface area contributed by atoms with E-state index in [0.29, 0.717) is 19.6 Å². The van der Waals surface area contributed by atoms with Crippen molar-refractivity contribution in [1.82, 2.24) is 5.32 Å². The number of unbranched alkanes of at least 4 members (excludes halogenated alkanes) is 18. The van der Waals surface area contributed by atoms with E-state index >= 15 is 0 Å². The molecule has 0 fully saturated rings. The number of ether oxygens (including phenoxy) is 2. The van der Waals surface area contributed by atoms with Gasteiger partial charge in [-0.1, -0.05) is 135 Å². The lowest BCUT2D eigenvalue weighted by Crippen LogP contribution is -2.42. The molecule has 0 saturated heterocycles. The molecule has 0 spiro atoms. The number of hydrogen-bond acceptors (Lipinski definition) is 4. The lowest BCUT2D eigenvalue weighted by molar-refractivity contribution is -0.146. The van der Waals surface area contributed by atoms with Gasteiger partial charge < -0.3 is 14.8 Å². The molecule has 0 bridgehead atoms. The molecule has 1 N–H and O–H groups in total. The van der Waals surface area contributed by atoms with E-state index in [-0.39, 0.29) is 0 Å². The number of rotatable bonds is 26. The van der Waals surface area contributed by atoms with Crippen molar-refractivity contribution in [2.24, 2.45) is 0 Å². The van der Waals surface area contributed by atoms with Gasteiger partial charge in [0.2, 0.25) is 0 Å². The summed E-state index contributed by atoms with van der Waals surface area (Å²) in [5.74, 6) is -0.406. The van der Waals surface area contributed by atoms with E-state index in [9.17, 15) is 9.59 Å². The number of carbonyl (C=O) groups is 2. The Morgan fingerprint density at radius 1 is 0.629 bits per heavy atom. The number of esters is 1. The number of alkyl carbamates (subject to hydrolysis) is 1.